The Morgan fingerprint density at radius 3 is 2.48 bits per heavy atom. The summed E-state index contributed by atoms with van der Waals surface area (Å²) in [6.45, 7) is -0.231. The van der Waals surface area contributed by atoms with Gasteiger partial charge in [-0.05, 0) is 47.0 Å². The van der Waals surface area contributed by atoms with Crippen molar-refractivity contribution in [1.29, 1.82) is 0 Å². The summed E-state index contributed by atoms with van der Waals surface area (Å²) in [5, 5.41) is 3.48. The molecule has 0 saturated heterocycles. The number of rotatable bonds is 5. The fraction of sp³-hybridized carbons (Fsp3) is 0.286. The number of hydrogen-bond acceptors (Lipinski definition) is 3. The molecule has 2 aromatic rings. The van der Waals surface area contributed by atoms with E-state index >= 15 is 0 Å². The highest BCUT2D eigenvalue weighted by atomic mass is 35.5. The van der Waals surface area contributed by atoms with E-state index in [1.165, 1.54) is 29.5 Å². The molecule has 0 aliphatic heterocycles. The second-order valence-corrected chi connectivity index (χ2v) is 8.06. The third kappa shape index (κ3) is 4.69. The zero-order chi connectivity index (χ0) is 17.3. The lowest BCUT2D eigenvalue weighted by atomic mass is 10.2. The van der Waals surface area contributed by atoms with E-state index in [1.54, 1.807) is 23.8 Å². The number of halogens is 4. The lowest BCUT2D eigenvalue weighted by Crippen LogP contribution is -2.38. The molecule has 9 heteroatoms. The molecule has 0 unspecified atom stereocenters. The van der Waals surface area contributed by atoms with E-state index in [-0.39, 0.29) is 16.5 Å². The fourth-order valence-corrected chi connectivity index (χ4v) is 4.24. The number of benzene rings is 1. The van der Waals surface area contributed by atoms with Crippen LogP contribution in [0.1, 0.15) is 11.1 Å². The van der Waals surface area contributed by atoms with Crippen LogP contribution in [0.25, 0.3) is 0 Å². The van der Waals surface area contributed by atoms with Gasteiger partial charge in [-0.15, -0.1) is 0 Å². The summed E-state index contributed by atoms with van der Waals surface area (Å²) < 4.78 is 63.9. The second-order valence-electron chi connectivity index (χ2n) is 4.93. The number of aryl methyl sites for hydroxylation is 1. The van der Waals surface area contributed by atoms with Crippen LogP contribution in [-0.4, -0.2) is 25.4 Å². The summed E-state index contributed by atoms with van der Waals surface area (Å²) in [5.74, 6) is 0. The second kappa shape index (κ2) is 6.80. The molecule has 1 heterocycles. The lowest BCUT2D eigenvalue weighted by Gasteiger charge is -2.23. The van der Waals surface area contributed by atoms with Crippen LogP contribution in [0.4, 0.5) is 13.2 Å². The minimum absolute atomic E-state index is 0.188. The van der Waals surface area contributed by atoms with Gasteiger partial charge in [0.25, 0.3) is 0 Å². The minimum atomic E-state index is -4.64. The Morgan fingerprint density at radius 2 is 1.96 bits per heavy atom. The van der Waals surface area contributed by atoms with E-state index < -0.39 is 22.7 Å². The van der Waals surface area contributed by atoms with Crippen molar-refractivity contribution in [3.8, 4) is 0 Å². The number of nitrogens with zero attached hydrogens (tertiary/aromatic N) is 1. The molecule has 3 nitrogen and oxygen atoms in total. The van der Waals surface area contributed by atoms with Crippen LogP contribution in [0.5, 0.6) is 0 Å². The van der Waals surface area contributed by atoms with E-state index in [1.807, 2.05) is 0 Å². The van der Waals surface area contributed by atoms with Gasteiger partial charge in [0.2, 0.25) is 10.0 Å². The minimum Gasteiger partial charge on any atom is -0.207 e. The van der Waals surface area contributed by atoms with Crippen molar-refractivity contribution in [3.63, 3.8) is 0 Å². The van der Waals surface area contributed by atoms with Crippen molar-refractivity contribution >= 4 is 33.0 Å². The maximum atomic E-state index is 12.8. The predicted molar refractivity (Wildman–Crippen MR) is 84.2 cm³/mol. The van der Waals surface area contributed by atoms with Gasteiger partial charge in [0.1, 0.15) is 6.54 Å². The van der Waals surface area contributed by atoms with Gasteiger partial charge in [0, 0.05) is 11.6 Å². The van der Waals surface area contributed by atoms with Gasteiger partial charge in [0.15, 0.2) is 0 Å². The molecular formula is C14H13ClF3NO2S2. The molecule has 0 radical (unpaired) electrons. The Kier molecular flexibility index (Phi) is 5.40. The molecule has 0 bridgehead atoms. The Morgan fingerprint density at radius 1 is 1.26 bits per heavy atom. The molecule has 0 amide bonds. The normalized spacial score (nSPS) is 12.8. The maximum absolute atomic E-state index is 12.8. The smallest absolute Gasteiger partial charge is 0.207 e. The number of alkyl halides is 3. The molecule has 2 rings (SSSR count). The van der Waals surface area contributed by atoms with Crippen molar-refractivity contribution < 1.29 is 21.6 Å². The van der Waals surface area contributed by atoms with Crippen LogP contribution >= 0.6 is 22.9 Å². The maximum Gasteiger partial charge on any atom is 0.402 e. The Labute approximate surface area is 141 Å². The van der Waals surface area contributed by atoms with Crippen LogP contribution in [-0.2, 0) is 16.6 Å². The highest BCUT2D eigenvalue weighted by Crippen LogP contribution is 2.27. The van der Waals surface area contributed by atoms with Gasteiger partial charge >= 0.3 is 6.18 Å². The summed E-state index contributed by atoms with van der Waals surface area (Å²) >= 11 is 7.18. The van der Waals surface area contributed by atoms with Gasteiger partial charge in [-0.1, -0.05) is 17.7 Å². The molecule has 0 N–H and O–H groups in total. The van der Waals surface area contributed by atoms with Crippen LogP contribution < -0.4 is 0 Å². The quantitative estimate of drug-likeness (QED) is 0.764. The van der Waals surface area contributed by atoms with Crippen LogP contribution in [0.3, 0.4) is 0 Å². The van der Waals surface area contributed by atoms with Gasteiger partial charge in [-0.25, -0.2) is 8.42 Å². The average Bonchev–Trinajstić information content (AvgIpc) is 2.92. The van der Waals surface area contributed by atoms with E-state index in [9.17, 15) is 21.6 Å². The van der Waals surface area contributed by atoms with Crippen LogP contribution in [0.2, 0.25) is 5.02 Å². The van der Waals surface area contributed by atoms with Gasteiger partial charge < -0.3 is 0 Å². The van der Waals surface area contributed by atoms with Crippen molar-refractivity contribution in [1.82, 2.24) is 4.31 Å². The Hall–Kier alpha value is -1.09. The monoisotopic (exact) mass is 383 g/mol. The Balaban J connectivity index is 2.40. The first-order valence-corrected chi connectivity index (χ1v) is 9.20. The first kappa shape index (κ1) is 18.3. The fourth-order valence-electron chi connectivity index (χ4n) is 1.90. The molecule has 1 aromatic heterocycles. The first-order valence-electron chi connectivity index (χ1n) is 6.44. The summed E-state index contributed by atoms with van der Waals surface area (Å²) in [6, 6.07) is 5.48. The van der Waals surface area contributed by atoms with Gasteiger partial charge in [0.05, 0.1) is 4.90 Å². The van der Waals surface area contributed by atoms with Crippen LogP contribution in [0.15, 0.2) is 39.9 Å². The molecule has 1 aromatic carbocycles. The molecule has 0 atom stereocenters. The summed E-state index contributed by atoms with van der Waals surface area (Å²) in [5.41, 5.74) is 1.15. The zero-order valence-corrected chi connectivity index (χ0v) is 14.4. The molecule has 0 fully saturated rings. The third-order valence-corrected chi connectivity index (χ3v) is 6.00. The number of sulfonamides is 1. The third-order valence-electron chi connectivity index (χ3n) is 3.08. The van der Waals surface area contributed by atoms with E-state index in [4.69, 9.17) is 11.6 Å². The number of thiophene rings is 1. The van der Waals surface area contributed by atoms with Gasteiger partial charge in [-0.2, -0.15) is 28.8 Å². The zero-order valence-electron chi connectivity index (χ0n) is 12.0. The average molecular weight is 384 g/mol. The topological polar surface area (TPSA) is 37.4 Å². The molecule has 23 heavy (non-hydrogen) atoms. The SMILES string of the molecule is Cc1ccc(S(=O)(=O)N(Cc2ccsc2)CC(F)(F)F)cc1Cl. The van der Waals surface area contributed by atoms with E-state index in [2.05, 4.69) is 0 Å². The molecule has 126 valence electrons. The summed E-state index contributed by atoms with van der Waals surface area (Å²) in [4.78, 5) is -0.257. The standard InChI is InChI=1S/C14H13ClF3NO2S2/c1-10-2-3-12(6-13(10)15)23(20,21)19(9-14(16,17)18)7-11-4-5-22-8-11/h2-6,8H,7,9H2,1H3. The molecule has 0 aliphatic rings. The first-order chi connectivity index (χ1) is 10.6. The molecular weight excluding hydrogens is 371 g/mol. The highest BCUT2D eigenvalue weighted by molar-refractivity contribution is 7.89. The van der Waals surface area contributed by atoms with Gasteiger partial charge in [-0.3, -0.25) is 0 Å². The summed E-state index contributed by atoms with van der Waals surface area (Å²) in [7, 11) is -4.32. The lowest BCUT2D eigenvalue weighted by molar-refractivity contribution is -0.136. The highest BCUT2D eigenvalue weighted by Gasteiger charge is 2.37. The molecule has 0 spiro atoms. The van der Waals surface area contributed by atoms with E-state index in [0.717, 1.165) is 0 Å². The Bertz CT molecular complexity index is 774. The van der Waals surface area contributed by atoms with Crippen molar-refractivity contribution in [2.45, 2.75) is 24.5 Å². The van der Waals surface area contributed by atoms with Crippen LogP contribution in [0, 0.1) is 6.92 Å². The van der Waals surface area contributed by atoms with Crippen molar-refractivity contribution in [2.24, 2.45) is 0 Å². The van der Waals surface area contributed by atoms with Crippen molar-refractivity contribution in [3.05, 3.63) is 51.2 Å². The summed E-state index contributed by atoms with van der Waals surface area (Å²) in [6.07, 6.45) is -4.64. The van der Waals surface area contributed by atoms with Crippen molar-refractivity contribution in [2.75, 3.05) is 6.54 Å². The number of hydrogen-bond donors (Lipinski definition) is 0. The molecule has 0 saturated carbocycles. The van der Waals surface area contributed by atoms with E-state index in [0.29, 0.717) is 15.4 Å². The largest absolute Gasteiger partial charge is 0.402 e. The molecule has 0 aliphatic carbocycles. The predicted octanol–water partition coefficient (Wildman–Crippen LogP) is 4.46.